The van der Waals surface area contributed by atoms with Gasteiger partial charge in [-0.15, -0.1) is 0 Å². The van der Waals surface area contributed by atoms with Gasteiger partial charge < -0.3 is 20.0 Å². The Morgan fingerprint density at radius 2 is 1.00 bits per heavy atom. The summed E-state index contributed by atoms with van der Waals surface area (Å²) in [7, 11) is 0. The second-order valence-corrected chi connectivity index (χ2v) is 19.7. The van der Waals surface area contributed by atoms with Crippen LogP contribution in [0.25, 0.3) is 44.2 Å². The van der Waals surface area contributed by atoms with E-state index in [2.05, 4.69) is 214 Å². The molecule has 4 heterocycles. The fourth-order valence-corrected chi connectivity index (χ4v) is 8.90. The number of benzene rings is 4. The normalized spacial score (nSPS) is 12.3. The minimum Gasteiger partial charge on any atom is -0.443 e. The van der Waals surface area contributed by atoms with Crippen LogP contribution in [0.3, 0.4) is 0 Å². The Hall–Kier alpha value is -6.04. The number of nitrogens with zero attached hydrogens (tertiary/aromatic N) is 6. The van der Waals surface area contributed by atoms with Gasteiger partial charge >= 0.3 is 19.5 Å². The molecule has 0 bridgehead atoms. The topological polar surface area (TPSA) is 78.7 Å². The fourth-order valence-electron chi connectivity index (χ4n) is 8.90. The van der Waals surface area contributed by atoms with E-state index in [1.165, 1.54) is 55.6 Å². The van der Waals surface area contributed by atoms with E-state index >= 15 is 0 Å². The fraction of sp³-hybridized carbons (Fsp3) is 0.300. The molecule has 0 aliphatic rings. The van der Waals surface area contributed by atoms with Gasteiger partial charge in [-0.05, 0) is 127 Å². The summed E-state index contributed by atoms with van der Waals surface area (Å²) in [5.74, 6) is 3.10. The largest absolute Gasteiger partial charge is 2.00 e. The number of aromatic nitrogens is 4. The van der Waals surface area contributed by atoms with Crippen molar-refractivity contribution in [2.24, 2.45) is 9.98 Å². The number of rotatable bonds is 9. The first-order valence-corrected chi connectivity index (χ1v) is 23.5. The molecular formula is C60H66N6Zn. The Kier molecular flexibility index (Phi) is 16.3. The molecule has 4 aromatic heterocycles. The Labute approximate surface area is 412 Å². The van der Waals surface area contributed by atoms with Crippen molar-refractivity contribution in [3.63, 3.8) is 0 Å². The molecule has 0 unspecified atom stereocenters. The van der Waals surface area contributed by atoms with Crippen molar-refractivity contribution in [2.45, 2.75) is 119 Å². The van der Waals surface area contributed by atoms with Crippen molar-refractivity contribution < 1.29 is 19.5 Å². The molecule has 0 N–H and O–H groups in total. The maximum Gasteiger partial charge on any atom is 2.00 e. The van der Waals surface area contributed by atoms with E-state index < -0.39 is 0 Å². The molecule has 0 amide bonds. The maximum atomic E-state index is 4.90. The summed E-state index contributed by atoms with van der Waals surface area (Å²) in [6, 6.07) is 40.6. The van der Waals surface area contributed by atoms with Crippen LogP contribution in [0, 0.1) is 13.8 Å². The summed E-state index contributed by atoms with van der Waals surface area (Å²) in [6.45, 7) is 28.9. The molecule has 0 aliphatic heterocycles. The third-order valence-corrected chi connectivity index (χ3v) is 12.4. The maximum absolute atomic E-state index is 4.90. The Morgan fingerprint density at radius 1 is 0.493 bits per heavy atom. The van der Waals surface area contributed by atoms with E-state index in [0.717, 1.165) is 27.5 Å². The third kappa shape index (κ3) is 11.6. The average Bonchev–Trinajstić information content (AvgIpc) is 3.29. The van der Waals surface area contributed by atoms with Gasteiger partial charge in [0.05, 0.1) is 11.6 Å². The van der Waals surface area contributed by atoms with E-state index in [-0.39, 0.29) is 24.9 Å². The van der Waals surface area contributed by atoms with Gasteiger partial charge in [-0.3, -0.25) is 9.97 Å². The summed E-state index contributed by atoms with van der Waals surface area (Å²) >= 11 is 0. The van der Waals surface area contributed by atoms with E-state index in [1.54, 1.807) is 0 Å². The van der Waals surface area contributed by atoms with Crippen LogP contribution in [0.15, 0.2) is 150 Å². The van der Waals surface area contributed by atoms with Crippen LogP contribution in [-0.2, 0) is 24.9 Å². The van der Waals surface area contributed by atoms with Gasteiger partial charge in [-0.1, -0.05) is 203 Å². The second kappa shape index (κ2) is 21.7. The van der Waals surface area contributed by atoms with E-state index in [4.69, 9.17) is 15.0 Å². The quantitative estimate of drug-likeness (QED) is 0.135. The predicted molar refractivity (Wildman–Crippen MR) is 277 cm³/mol. The van der Waals surface area contributed by atoms with Gasteiger partial charge in [0.1, 0.15) is 0 Å². The van der Waals surface area contributed by atoms with Gasteiger partial charge in [-0.2, -0.15) is 0 Å². The molecule has 0 saturated carbocycles. The van der Waals surface area contributed by atoms with Crippen LogP contribution in [-0.4, -0.2) is 9.97 Å². The van der Waals surface area contributed by atoms with Crippen molar-refractivity contribution in [1.82, 2.24) is 19.9 Å². The van der Waals surface area contributed by atoms with Gasteiger partial charge in [0.2, 0.25) is 0 Å². The molecule has 0 atom stereocenters. The molecule has 338 valence electrons. The Bertz CT molecular complexity index is 3050. The average molecular weight is 937 g/mol. The molecule has 8 aromatic rings. The molecule has 0 spiro atoms. The number of fused-ring (bicyclic) bond motifs is 1. The van der Waals surface area contributed by atoms with Crippen molar-refractivity contribution in [2.75, 3.05) is 0 Å². The van der Waals surface area contributed by atoms with E-state index in [0.29, 0.717) is 46.3 Å². The molecule has 0 saturated heterocycles. The molecule has 0 fully saturated rings. The van der Waals surface area contributed by atoms with Crippen LogP contribution < -0.4 is 20.9 Å². The van der Waals surface area contributed by atoms with Crippen molar-refractivity contribution in [3.8, 4) is 33.4 Å². The zero-order valence-corrected chi connectivity index (χ0v) is 44.9. The van der Waals surface area contributed by atoms with Gasteiger partial charge in [0.15, 0.2) is 0 Å². The smallest absolute Gasteiger partial charge is 0.443 e. The molecule has 0 radical (unpaired) electrons. The van der Waals surface area contributed by atoms with Gasteiger partial charge in [0.25, 0.3) is 0 Å². The van der Waals surface area contributed by atoms with Crippen LogP contribution in [0.2, 0.25) is 0 Å². The van der Waals surface area contributed by atoms with Crippen LogP contribution in [0.1, 0.15) is 139 Å². The second-order valence-electron chi connectivity index (χ2n) is 19.7. The Morgan fingerprint density at radius 3 is 1.55 bits per heavy atom. The number of aryl methyl sites for hydroxylation is 2. The molecule has 67 heavy (non-hydrogen) atoms. The number of hydrogen-bond donors (Lipinski definition) is 0. The standard InChI is InChI=1S/C34H40N3.C26H26N3.Zn/c1-21(2)27-11-9-12-28(22(3)4)33(27)25-15-17-35-31(19-25)37-32-20-26(16-18-36-32)34-29(23(5)6)13-10-14-30(34)24(7)8;1-17-9-8-10-18(2)23(17)24-21-12-7-6-11-19(21)16-28-25(24)29-22-15-20(13-14-27-22)26(3,4)5;/h9-24H,1-8H3;6-16H,1-5H3;/q2*-1;+2. The van der Waals surface area contributed by atoms with Crippen LogP contribution >= 0.6 is 0 Å². The van der Waals surface area contributed by atoms with E-state index in [9.17, 15) is 0 Å². The van der Waals surface area contributed by atoms with Crippen molar-refractivity contribution in [1.29, 1.82) is 0 Å². The monoisotopic (exact) mass is 934 g/mol. The minimum absolute atomic E-state index is 0. The first kappa shape index (κ1) is 50.4. The van der Waals surface area contributed by atoms with E-state index in [1.807, 2.05) is 30.9 Å². The summed E-state index contributed by atoms with van der Waals surface area (Å²) in [5, 5.41) is 2.27. The zero-order chi connectivity index (χ0) is 47.3. The van der Waals surface area contributed by atoms with Gasteiger partial charge in [0, 0.05) is 23.3 Å². The van der Waals surface area contributed by atoms with Crippen LogP contribution in [0.4, 0.5) is 11.6 Å². The molecular weight excluding hydrogens is 870 g/mol. The summed E-state index contributed by atoms with van der Waals surface area (Å²) < 4.78 is 0. The molecule has 6 nitrogen and oxygen atoms in total. The summed E-state index contributed by atoms with van der Waals surface area (Å²) in [5.41, 5.74) is 17.7. The van der Waals surface area contributed by atoms with Crippen molar-refractivity contribution >= 4 is 22.4 Å². The first-order chi connectivity index (χ1) is 31.5. The zero-order valence-electron chi connectivity index (χ0n) is 42.0. The van der Waals surface area contributed by atoms with Gasteiger partial charge in [-0.25, -0.2) is 0 Å². The summed E-state index contributed by atoms with van der Waals surface area (Å²) in [6.07, 6.45) is 7.46. The first-order valence-electron chi connectivity index (χ1n) is 23.5. The molecule has 0 aliphatic carbocycles. The third-order valence-electron chi connectivity index (χ3n) is 12.4. The Balaban J connectivity index is 0.000000224. The van der Waals surface area contributed by atoms with Crippen LogP contribution in [0.5, 0.6) is 0 Å². The number of pyridine rings is 4. The summed E-state index contributed by atoms with van der Waals surface area (Å²) in [4.78, 5) is 28.2. The SMILES string of the molecule is CC(C)c1cccc(C(C)C)c1-c1ccnc(N=c2cc(-c3c(C(C)C)cccc3C(C)C)cc[n-]2)c1.Cc1cccc(C)c1-c1c(/N=c2/cc(C(C)(C)C)cc[n-]2)ncc2ccccc12.[Zn+2]. The number of hydrogen-bond acceptors (Lipinski definition) is 4. The minimum atomic E-state index is 0. The predicted octanol–water partition coefficient (Wildman–Crippen LogP) is 15.1. The molecule has 7 heteroatoms. The molecule has 8 rings (SSSR count). The molecule has 4 aromatic carbocycles. The van der Waals surface area contributed by atoms with Crippen molar-refractivity contribution in [3.05, 3.63) is 190 Å².